The summed E-state index contributed by atoms with van der Waals surface area (Å²) in [5.41, 5.74) is 2.59. The van der Waals surface area contributed by atoms with Gasteiger partial charge in [-0.1, -0.05) is 0 Å². The molecule has 0 saturated carbocycles. The molecule has 1 heterocycles. The number of carbonyl (C=O) groups is 1. The molecule has 0 amide bonds. The number of aromatic carboxylic acids is 1. The van der Waals surface area contributed by atoms with Gasteiger partial charge in [-0.05, 0) is 53.1 Å². The fraction of sp³-hybridized carbons (Fsp3) is 0.154. The zero-order valence-corrected chi connectivity index (χ0v) is 10.0. The van der Waals surface area contributed by atoms with Gasteiger partial charge in [0, 0.05) is 12.2 Å². The van der Waals surface area contributed by atoms with Crippen LogP contribution in [0, 0.1) is 0 Å². The largest absolute Gasteiger partial charge is 0.478 e. The molecule has 0 fully saturated rings. The lowest BCUT2D eigenvalue weighted by Crippen LogP contribution is -2.04. The zero-order chi connectivity index (χ0) is 12.1. The van der Waals surface area contributed by atoms with Gasteiger partial charge in [0.2, 0.25) is 0 Å². The number of hydrogen-bond donors (Lipinski definition) is 2. The van der Waals surface area contributed by atoms with Crippen molar-refractivity contribution < 1.29 is 9.90 Å². The maximum atomic E-state index is 10.7. The van der Waals surface area contributed by atoms with Crippen molar-refractivity contribution in [2.24, 2.45) is 0 Å². The van der Waals surface area contributed by atoms with Gasteiger partial charge in [-0.2, -0.15) is 11.3 Å². The molecule has 0 atom stereocenters. The second-order valence-electron chi connectivity index (χ2n) is 3.69. The first-order chi connectivity index (χ1) is 8.25. The first-order valence-electron chi connectivity index (χ1n) is 5.34. The van der Waals surface area contributed by atoms with Crippen LogP contribution in [0.15, 0.2) is 41.1 Å². The number of rotatable bonds is 5. The van der Waals surface area contributed by atoms with Crippen LogP contribution in [0.2, 0.25) is 0 Å². The minimum atomic E-state index is -0.894. The summed E-state index contributed by atoms with van der Waals surface area (Å²) in [4.78, 5) is 10.7. The van der Waals surface area contributed by atoms with E-state index in [0.717, 1.165) is 18.7 Å². The van der Waals surface area contributed by atoms with E-state index in [2.05, 4.69) is 22.1 Å². The van der Waals surface area contributed by atoms with E-state index in [9.17, 15) is 4.79 Å². The van der Waals surface area contributed by atoms with E-state index in [1.54, 1.807) is 35.6 Å². The first-order valence-corrected chi connectivity index (χ1v) is 6.28. The number of carboxylic acid groups (broad SMARTS) is 1. The molecule has 0 saturated heterocycles. The Kier molecular flexibility index (Phi) is 3.77. The summed E-state index contributed by atoms with van der Waals surface area (Å²) in [6.45, 7) is 0.850. The molecule has 2 aromatic rings. The third-order valence-corrected chi connectivity index (χ3v) is 3.19. The van der Waals surface area contributed by atoms with E-state index >= 15 is 0 Å². The van der Waals surface area contributed by atoms with Gasteiger partial charge in [-0.15, -0.1) is 0 Å². The number of nitrogens with one attached hydrogen (secondary N) is 1. The average molecular weight is 247 g/mol. The molecule has 0 unspecified atom stereocenters. The Labute approximate surface area is 104 Å². The van der Waals surface area contributed by atoms with Gasteiger partial charge >= 0.3 is 5.97 Å². The molecule has 3 nitrogen and oxygen atoms in total. The molecule has 0 aliphatic heterocycles. The van der Waals surface area contributed by atoms with Crippen LogP contribution in [0.4, 0.5) is 5.69 Å². The Hall–Kier alpha value is -1.81. The van der Waals surface area contributed by atoms with Crippen LogP contribution in [0.5, 0.6) is 0 Å². The molecule has 1 aromatic heterocycles. The van der Waals surface area contributed by atoms with Crippen LogP contribution >= 0.6 is 11.3 Å². The van der Waals surface area contributed by atoms with Crippen molar-refractivity contribution in [1.82, 2.24) is 0 Å². The molecular formula is C13H13NO2S. The molecule has 4 heteroatoms. The fourth-order valence-electron chi connectivity index (χ4n) is 1.52. The van der Waals surface area contributed by atoms with E-state index in [-0.39, 0.29) is 0 Å². The Morgan fingerprint density at radius 3 is 2.59 bits per heavy atom. The molecule has 1 aromatic carbocycles. The van der Waals surface area contributed by atoms with E-state index in [0.29, 0.717) is 5.56 Å². The van der Waals surface area contributed by atoms with Gasteiger partial charge in [-0.3, -0.25) is 0 Å². The van der Waals surface area contributed by atoms with E-state index in [1.807, 2.05) is 0 Å². The standard InChI is InChI=1S/C13H13NO2S/c15-13(16)11-1-3-12(4-2-11)14-7-5-10-6-8-17-9-10/h1-4,6,8-9,14H,5,7H2,(H,15,16). The predicted octanol–water partition coefficient (Wildman–Crippen LogP) is 3.10. The molecule has 0 bridgehead atoms. The lowest BCUT2D eigenvalue weighted by molar-refractivity contribution is 0.0697. The second-order valence-corrected chi connectivity index (χ2v) is 4.47. The Balaban J connectivity index is 1.85. The fourth-order valence-corrected chi connectivity index (χ4v) is 2.22. The minimum absolute atomic E-state index is 0.313. The molecule has 0 aliphatic carbocycles. The first kappa shape index (κ1) is 11.7. The van der Waals surface area contributed by atoms with E-state index in [1.165, 1.54) is 5.56 Å². The normalized spacial score (nSPS) is 10.1. The Bertz CT molecular complexity index is 477. The summed E-state index contributed by atoms with van der Waals surface area (Å²) in [5, 5.41) is 16.2. The highest BCUT2D eigenvalue weighted by molar-refractivity contribution is 7.07. The average Bonchev–Trinajstić information content (AvgIpc) is 2.83. The van der Waals surface area contributed by atoms with Crippen LogP contribution in [-0.4, -0.2) is 17.6 Å². The highest BCUT2D eigenvalue weighted by Gasteiger charge is 2.01. The van der Waals surface area contributed by atoms with Gasteiger partial charge in [0.05, 0.1) is 5.56 Å². The molecule has 0 radical (unpaired) electrons. The Morgan fingerprint density at radius 2 is 2.00 bits per heavy atom. The van der Waals surface area contributed by atoms with Crippen LogP contribution < -0.4 is 5.32 Å². The van der Waals surface area contributed by atoms with Crippen LogP contribution in [0.1, 0.15) is 15.9 Å². The van der Waals surface area contributed by atoms with Crippen molar-refractivity contribution in [1.29, 1.82) is 0 Å². The molecule has 2 rings (SSSR count). The third kappa shape index (κ3) is 3.32. The van der Waals surface area contributed by atoms with Crippen LogP contribution in [-0.2, 0) is 6.42 Å². The quantitative estimate of drug-likeness (QED) is 0.853. The Morgan fingerprint density at radius 1 is 1.24 bits per heavy atom. The van der Waals surface area contributed by atoms with Gasteiger partial charge in [-0.25, -0.2) is 4.79 Å². The minimum Gasteiger partial charge on any atom is -0.478 e. The highest BCUT2D eigenvalue weighted by Crippen LogP contribution is 2.11. The zero-order valence-electron chi connectivity index (χ0n) is 9.22. The van der Waals surface area contributed by atoms with Crippen molar-refractivity contribution in [3.63, 3.8) is 0 Å². The predicted molar refractivity (Wildman–Crippen MR) is 69.9 cm³/mol. The van der Waals surface area contributed by atoms with Crippen molar-refractivity contribution in [3.8, 4) is 0 Å². The van der Waals surface area contributed by atoms with Gasteiger partial charge in [0.25, 0.3) is 0 Å². The van der Waals surface area contributed by atoms with Gasteiger partial charge in [0.1, 0.15) is 0 Å². The van der Waals surface area contributed by atoms with Gasteiger partial charge in [0.15, 0.2) is 0 Å². The van der Waals surface area contributed by atoms with Crippen molar-refractivity contribution in [3.05, 3.63) is 52.2 Å². The summed E-state index contributed by atoms with van der Waals surface area (Å²) in [6, 6.07) is 8.90. The summed E-state index contributed by atoms with van der Waals surface area (Å²) in [6.07, 6.45) is 0.976. The molecule has 2 N–H and O–H groups in total. The maximum absolute atomic E-state index is 10.7. The molecule has 0 spiro atoms. The number of anilines is 1. The number of carboxylic acids is 1. The monoisotopic (exact) mass is 247 g/mol. The van der Waals surface area contributed by atoms with Crippen LogP contribution in [0.25, 0.3) is 0 Å². The van der Waals surface area contributed by atoms with Gasteiger partial charge < -0.3 is 10.4 Å². The SMILES string of the molecule is O=C(O)c1ccc(NCCc2ccsc2)cc1. The summed E-state index contributed by atoms with van der Waals surface area (Å²) >= 11 is 1.70. The number of thiophene rings is 1. The molecule has 88 valence electrons. The van der Waals surface area contributed by atoms with Crippen LogP contribution in [0.3, 0.4) is 0 Å². The van der Waals surface area contributed by atoms with Crippen molar-refractivity contribution >= 4 is 23.0 Å². The lowest BCUT2D eigenvalue weighted by Gasteiger charge is -2.05. The third-order valence-electron chi connectivity index (χ3n) is 2.45. The summed E-state index contributed by atoms with van der Waals surface area (Å²) in [5.74, 6) is -0.894. The number of hydrogen-bond acceptors (Lipinski definition) is 3. The molecular weight excluding hydrogens is 234 g/mol. The van der Waals surface area contributed by atoms with Crippen molar-refractivity contribution in [2.45, 2.75) is 6.42 Å². The lowest BCUT2D eigenvalue weighted by atomic mass is 10.2. The molecule has 0 aliphatic rings. The highest BCUT2D eigenvalue weighted by atomic mass is 32.1. The maximum Gasteiger partial charge on any atom is 0.335 e. The van der Waals surface area contributed by atoms with E-state index in [4.69, 9.17) is 5.11 Å². The van der Waals surface area contributed by atoms with E-state index < -0.39 is 5.97 Å². The summed E-state index contributed by atoms with van der Waals surface area (Å²) < 4.78 is 0. The summed E-state index contributed by atoms with van der Waals surface area (Å²) in [7, 11) is 0. The number of benzene rings is 1. The molecule has 17 heavy (non-hydrogen) atoms. The topological polar surface area (TPSA) is 49.3 Å². The smallest absolute Gasteiger partial charge is 0.335 e. The second kappa shape index (κ2) is 5.50. The van der Waals surface area contributed by atoms with Crippen molar-refractivity contribution in [2.75, 3.05) is 11.9 Å².